The molecule has 0 saturated carbocycles. The summed E-state index contributed by atoms with van der Waals surface area (Å²) < 4.78 is 0. The molecule has 2 aromatic rings. The van der Waals surface area contributed by atoms with Crippen LogP contribution < -0.4 is 5.73 Å². The Balaban J connectivity index is 0.000000317. The van der Waals surface area contributed by atoms with Crippen LogP contribution in [0.4, 0.5) is 0 Å². The van der Waals surface area contributed by atoms with Crippen LogP contribution in [0.1, 0.15) is 5.56 Å². The highest BCUT2D eigenvalue weighted by atomic mass is 35.8. The molecule has 1 nitrogen and oxygen atoms in total. The van der Waals surface area contributed by atoms with E-state index < -0.39 is 11.4 Å². The van der Waals surface area contributed by atoms with Crippen molar-refractivity contribution in [1.82, 2.24) is 0 Å². The normalized spacial score (nSPS) is 9.65. The van der Waals surface area contributed by atoms with E-state index in [0.717, 1.165) is 13.0 Å². The molecular weight excluding hydrogens is 291 g/mol. The second kappa shape index (κ2) is 8.21. The number of benzene rings is 2. The third kappa shape index (κ3) is 5.97. The predicted molar refractivity (Wildman–Crippen MR) is 80.0 cm³/mol. The van der Waals surface area contributed by atoms with Crippen LogP contribution in [-0.4, -0.2) is 17.9 Å². The van der Waals surface area contributed by atoms with Crippen LogP contribution in [0.5, 0.6) is 0 Å². The van der Waals surface area contributed by atoms with Gasteiger partial charge in [0.1, 0.15) is 0 Å². The Labute approximate surface area is 118 Å². The number of hydrogen-bond donors (Lipinski definition) is 1. The van der Waals surface area contributed by atoms with Gasteiger partial charge in [0.2, 0.25) is 0 Å². The van der Waals surface area contributed by atoms with Gasteiger partial charge in [-0.3, -0.25) is 0 Å². The zero-order chi connectivity index (χ0) is 12.7. The van der Waals surface area contributed by atoms with Crippen molar-refractivity contribution in [3.05, 3.63) is 48.0 Å². The fourth-order valence-electron chi connectivity index (χ4n) is 1.56. The van der Waals surface area contributed by atoms with E-state index in [-0.39, 0.29) is 0 Å². The maximum absolute atomic E-state index is 5.50. The van der Waals surface area contributed by atoms with E-state index in [4.69, 9.17) is 35.9 Å². The lowest BCUT2D eigenvalue weighted by Crippen LogP contribution is -2.02. The minimum Gasteiger partial charge on any atom is -0.330 e. The Morgan fingerprint density at radius 3 is 2.12 bits per heavy atom. The molecule has 17 heavy (non-hydrogen) atoms. The smallest absolute Gasteiger partial charge is 0.330 e. The van der Waals surface area contributed by atoms with Crippen LogP contribution in [0.15, 0.2) is 42.5 Å². The molecule has 0 aromatic heterocycles. The highest BCUT2D eigenvalue weighted by molar-refractivity contribution is 7.54. The summed E-state index contributed by atoms with van der Waals surface area (Å²) in [4.78, 5) is 0. The van der Waals surface area contributed by atoms with Gasteiger partial charge in [0.05, 0.1) is 0 Å². The lowest BCUT2D eigenvalue weighted by atomic mass is 10.1. The first-order valence-corrected chi connectivity index (χ1v) is 10.5. The van der Waals surface area contributed by atoms with Crippen molar-refractivity contribution < 1.29 is 0 Å². The Morgan fingerprint density at radius 2 is 1.53 bits per heavy atom. The first-order chi connectivity index (χ1) is 8.13. The average molecular weight is 305 g/mol. The quantitative estimate of drug-likeness (QED) is 0.833. The number of halogens is 3. The molecule has 0 heterocycles. The lowest BCUT2D eigenvalue weighted by molar-refractivity contribution is 0.971. The van der Waals surface area contributed by atoms with E-state index in [1.54, 1.807) is 0 Å². The molecule has 0 spiro atoms. The number of hydrogen-bond acceptors (Lipinski definition) is 1. The summed E-state index contributed by atoms with van der Waals surface area (Å²) in [5, 5.41) is 2.59. The van der Waals surface area contributed by atoms with Gasteiger partial charge in [0.15, 0.2) is 0 Å². The van der Waals surface area contributed by atoms with Crippen molar-refractivity contribution in [3.8, 4) is 0 Å². The zero-order valence-corrected chi connectivity index (χ0v) is 12.7. The highest BCUT2D eigenvalue weighted by Crippen LogP contribution is 2.15. The summed E-state index contributed by atoms with van der Waals surface area (Å²) in [7, 11) is 14.8. The minimum absolute atomic E-state index is 0.721. The van der Waals surface area contributed by atoms with Crippen molar-refractivity contribution >= 4 is 52.3 Å². The fourth-order valence-corrected chi connectivity index (χ4v) is 1.56. The van der Waals surface area contributed by atoms with Gasteiger partial charge >= 0.3 is 11.4 Å². The molecule has 2 rings (SSSR count). The summed E-state index contributed by atoms with van der Waals surface area (Å²) in [6.45, 7) is 0.721. The molecule has 0 saturated heterocycles. The van der Waals surface area contributed by atoms with E-state index in [2.05, 4.69) is 42.5 Å². The predicted octanol–water partition coefficient (Wildman–Crippen LogP) is 4.03. The summed E-state index contributed by atoms with van der Waals surface area (Å²) in [6, 6.07) is 14.9. The molecular formula is C12H13AlCl3N. The van der Waals surface area contributed by atoms with E-state index in [1.165, 1.54) is 16.3 Å². The largest absolute Gasteiger partial charge is 0.643 e. The molecule has 0 aliphatic rings. The van der Waals surface area contributed by atoms with Gasteiger partial charge in [0, 0.05) is 0 Å². The molecule has 0 unspecified atom stereocenters. The molecule has 0 fully saturated rings. The van der Waals surface area contributed by atoms with Crippen LogP contribution in [0.3, 0.4) is 0 Å². The standard InChI is InChI=1S/C12H13N.Al.3ClH/c13-8-7-10-5-6-11-3-1-2-4-12(11)9-10;;;;/h1-6,9H,7-8,13H2;;3*1H/q;+3;;;/p-3. The van der Waals surface area contributed by atoms with E-state index in [0.29, 0.717) is 0 Å². The monoisotopic (exact) mass is 303 g/mol. The van der Waals surface area contributed by atoms with Crippen molar-refractivity contribution in [3.63, 3.8) is 0 Å². The second-order valence-electron chi connectivity index (χ2n) is 3.47. The van der Waals surface area contributed by atoms with Crippen LogP contribution in [0.25, 0.3) is 10.8 Å². The molecule has 2 aromatic carbocycles. The highest BCUT2D eigenvalue weighted by Gasteiger charge is 2.00. The molecule has 90 valence electrons. The summed E-state index contributed by atoms with van der Waals surface area (Å²) >= 11 is -1.72. The second-order valence-corrected chi connectivity index (χ2v) is 9.90. The molecule has 5 heteroatoms. The third-order valence-electron chi connectivity index (χ3n) is 2.25. The van der Waals surface area contributed by atoms with Crippen LogP contribution in [0, 0.1) is 0 Å². The van der Waals surface area contributed by atoms with Gasteiger partial charge in [-0.15, -0.1) is 0 Å². The van der Waals surface area contributed by atoms with Crippen molar-refractivity contribution in [1.29, 1.82) is 0 Å². The van der Waals surface area contributed by atoms with Gasteiger partial charge in [-0.1, -0.05) is 42.5 Å². The zero-order valence-electron chi connectivity index (χ0n) is 9.24. The molecule has 0 atom stereocenters. The molecule has 0 aliphatic heterocycles. The first kappa shape index (κ1) is 15.1. The van der Waals surface area contributed by atoms with Gasteiger partial charge in [0.25, 0.3) is 0 Å². The summed E-state index contributed by atoms with van der Waals surface area (Å²) in [6.07, 6.45) is 0.963. The first-order valence-electron chi connectivity index (χ1n) is 5.23. The lowest BCUT2D eigenvalue weighted by Gasteiger charge is -2.01. The number of nitrogens with two attached hydrogens (primary N) is 1. The Morgan fingerprint density at radius 1 is 0.941 bits per heavy atom. The maximum atomic E-state index is 5.50. The number of fused-ring (bicyclic) bond motifs is 1. The Kier molecular flexibility index (Phi) is 7.31. The molecule has 0 bridgehead atoms. The van der Waals surface area contributed by atoms with E-state index in [1.807, 2.05) is 0 Å². The van der Waals surface area contributed by atoms with Gasteiger partial charge in [-0.05, 0) is 29.3 Å². The van der Waals surface area contributed by atoms with Gasteiger partial charge < -0.3 is 5.73 Å². The Bertz CT molecular complexity index is 459. The maximum Gasteiger partial charge on any atom is 0.643 e. The fraction of sp³-hybridized carbons (Fsp3) is 0.167. The van der Waals surface area contributed by atoms with E-state index in [9.17, 15) is 0 Å². The molecule has 2 N–H and O–H groups in total. The van der Waals surface area contributed by atoms with Crippen molar-refractivity contribution in [2.45, 2.75) is 6.42 Å². The van der Waals surface area contributed by atoms with Gasteiger partial charge in [-0.2, -0.15) is 0 Å². The van der Waals surface area contributed by atoms with Crippen molar-refractivity contribution in [2.24, 2.45) is 5.73 Å². The molecule has 0 aliphatic carbocycles. The van der Waals surface area contributed by atoms with Crippen LogP contribution in [0.2, 0.25) is 0 Å². The molecule has 0 radical (unpaired) electrons. The van der Waals surface area contributed by atoms with Crippen LogP contribution >= 0.6 is 30.1 Å². The van der Waals surface area contributed by atoms with Crippen molar-refractivity contribution in [2.75, 3.05) is 6.54 Å². The average Bonchev–Trinajstić information content (AvgIpc) is 2.29. The SMILES string of the molecule is NCCc1ccc2ccccc2c1.[Cl][Al]([Cl])[Cl]. The summed E-state index contributed by atoms with van der Waals surface area (Å²) in [5.74, 6) is 0. The topological polar surface area (TPSA) is 26.0 Å². The van der Waals surface area contributed by atoms with Gasteiger partial charge in [-0.25, -0.2) is 30.1 Å². The molecule has 0 amide bonds. The summed E-state index contributed by atoms with van der Waals surface area (Å²) in [5.41, 5.74) is 6.83. The minimum atomic E-state index is -1.72. The number of rotatable bonds is 2. The Hall–Kier alpha value is 0.0625. The third-order valence-corrected chi connectivity index (χ3v) is 2.25. The van der Waals surface area contributed by atoms with E-state index >= 15 is 0 Å². The van der Waals surface area contributed by atoms with Crippen LogP contribution in [-0.2, 0) is 6.42 Å².